The van der Waals surface area contributed by atoms with Crippen molar-refractivity contribution >= 4 is 21.8 Å². The molecule has 1 fully saturated rings. The van der Waals surface area contributed by atoms with Gasteiger partial charge in [-0.05, 0) is 77.8 Å². The molecule has 3 rings (SSSR count). The van der Waals surface area contributed by atoms with E-state index in [4.69, 9.17) is 4.74 Å². The first-order chi connectivity index (χ1) is 12.6. The number of methoxy groups -OCH3 is 1. The fraction of sp³-hybridized carbons (Fsp3) is 0.350. The van der Waals surface area contributed by atoms with E-state index in [2.05, 4.69) is 32.2 Å². The first-order valence-electron chi connectivity index (χ1n) is 8.69. The van der Waals surface area contributed by atoms with Crippen molar-refractivity contribution in [3.63, 3.8) is 0 Å². The third-order valence-electron chi connectivity index (χ3n) is 4.70. The highest BCUT2D eigenvalue weighted by atomic mass is 79.9. The van der Waals surface area contributed by atoms with E-state index < -0.39 is 5.82 Å². The molecule has 138 valence electrons. The number of hydrogen-bond donors (Lipinski definition) is 1. The van der Waals surface area contributed by atoms with Crippen LogP contribution in [-0.4, -0.2) is 37.6 Å². The summed E-state index contributed by atoms with van der Waals surface area (Å²) in [7, 11) is 1.65. The van der Waals surface area contributed by atoms with E-state index in [1.807, 2.05) is 18.2 Å². The maximum Gasteiger partial charge on any atom is 0.251 e. The highest BCUT2D eigenvalue weighted by molar-refractivity contribution is 9.10. The largest absolute Gasteiger partial charge is 0.497 e. The van der Waals surface area contributed by atoms with Gasteiger partial charge in [-0.1, -0.05) is 12.1 Å². The monoisotopic (exact) mass is 420 g/mol. The molecule has 0 saturated carbocycles. The second-order valence-electron chi connectivity index (χ2n) is 6.37. The second kappa shape index (κ2) is 8.64. The minimum absolute atomic E-state index is 0.0665. The molecule has 6 heteroatoms. The van der Waals surface area contributed by atoms with Gasteiger partial charge in [0.2, 0.25) is 0 Å². The Labute approximate surface area is 161 Å². The molecule has 1 amide bonds. The Bertz CT molecular complexity index is 778. The SMILES string of the molecule is COc1cccc(C(CNC(=O)c2ccc(Br)c(F)c2)N2CCCC2)c1. The van der Waals surface area contributed by atoms with E-state index in [-0.39, 0.29) is 11.9 Å². The molecule has 1 unspecified atom stereocenters. The van der Waals surface area contributed by atoms with E-state index in [0.717, 1.165) is 37.2 Å². The maximum absolute atomic E-state index is 13.7. The molecular formula is C20H22BrFN2O2. The quantitative estimate of drug-likeness (QED) is 0.762. The number of rotatable bonds is 6. The number of likely N-dealkylation sites (tertiary alicyclic amines) is 1. The summed E-state index contributed by atoms with van der Waals surface area (Å²) >= 11 is 3.10. The van der Waals surface area contributed by atoms with Gasteiger partial charge in [-0.3, -0.25) is 9.69 Å². The topological polar surface area (TPSA) is 41.6 Å². The van der Waals surface area contributed by atoms with Gasteiger partial charge in [-0.25, -0.2) is 4.39 Å². The van der Waals surface area contributed by atoms with Crippen LogP contribution in [0.3, 0.4) is 0 Å². The zero-order valence-corrected chi connectivity index (χ0v) is 16.3. The fourth-order valence-corrected chi connectivity index (χ4v) is 3.54. The van der Waals surface area contributed by atoms with Gasteiger partial charge in [0, 0.05) is 12.1 Å². The van der Waals surface area contributed by atoms with Crippen LogP contribution < -0.4 is 10.1 Å². The zero-order chi connectivity index (χ0) is 18.5. The summed E-state index contributed by atoms with van der Waals surface area (Å²) in [5.74, 6) is 0.0815. The van der Waals surface area contributed by atoms with Gasteiger partial charge in [0.25, 0.3) is 5.91 Å². The van der Waals surface area contributed by atoms with Gasteiger partial charge in [0.05, 0.1) is 17.6 Å². The molecule has 0 aliphatic carbocycles. The number of halogens is 2. The molecule has 26 heavy (non-hydrogen) atoms. The molecule has 1 N–H and O–H groups in total. The molecule has 0 bridgehead atoms. The average Bonchev–Trinajstić information content (AvgIpc) is 3.18. The number of nitrogens with one attached hydrogen (secondary N) is 1. The van der Waals surface area contributed by atoms with Crippen LogP contribution in [0.2, 0.25) is 0 Å². The molecular weight excluding hydrogens is 399 g/mol. The lowest BCUT2D eigenvalue weighted by Crippen LogP contribution is -2.36. The Kier molecular flexibility index (Phi) is 6.27. The van der Waals surface area contributed by atoms with Crippen LogP contribution >= 0.6 is 15.9 Å². The third kappa shape index (κ3) is 4.43. The maximum atomic E-state index is 13.7. The van der Waals surface area contributed by atoms with Crippen molar-refractivity contribution in [3.05, 3.63) is 63.9 Å². The minimum Gasteiger partial charge on any atom is -0.497 e. The second-order valence-corrected chi connectivity index (χ2v) is 7.23. The summed E-state index contributed by atoms with van der Waals surface area (Å²) in [5, 5.41) is 2.96. The van der Waals surface area contributed by atoms with Gasteiger partial charge in [-0.2, -0.15) is 0 Å². The Morgan fingerprint density at radius 1 is 1.27 bits per heavy atom. The Morgan fingerprint density at radius 3 is 2.73 bits per heavy atom. The third-order valence-corrected chi connectivity index (χ3v) is 5.34. The molecule has 2 aromatic carbocycles. The van der Waals surface area contributed by atoms with Crippen LogP contribution in [0.1, 0.15) is 34.8 Å². The normalized spacial score (nSPS) is 15.7. The molecule has 2 aromatic rings. The highest BCUT2D eigenvalue weighted by Gasteiger charge is 2.24. The summed E-state index contributed by atoms with van der Waals surface area (Å²) in [5.41, 5.74) is 1.42. The molecule has 0 aromatic heterocycles. The number of hydrogen-bond acceptors (Lipinski definition) is 3. The van der Waals surface area contributed by atoms with Crippen LogP contribution in [0.4, 0.5) is 4.39 Å². The molecule has 4 nitrogen and oxygen atoms in total. The average molecular weight is 421 g/mol. The lowest BCUT2D eigenvalue weighted by molar-refractivity contribution is 0.0937. The van der Waals surface area contributed by atoms with Crippen molar-refractivity contribution in [1.29, 1.82) is 0 Å². The summed E-state index contributed by atoms with van der Waals surface area (Å²) in [6.45, 7) is 2.47. The van der Waals surface area contributed by atoms with Crippen molar-refractivity contribution < 1.29 is 13.9 Å². The summed E-state index contributed by atoms with van der Waals surface area (Å²) in [4.78, 5) is 14.8. The Balaban J connectivity index is 1.75. The minimum atomic E-state index is -0.443. The number of nitrogens with zero attached hydrogens (tertiary/aromatic N) is 1. The van der Waals surface area contributed by atoms with Crippen molar-refractivity contribution in [2.24, 2.45) is 0 Å². The van der Waals surface area contributed by atoms with Crippen molar-refractivity contribution in [2.75, 3.05) is 26.7 Å². The molecule has 1 aliphatic heterocycles. The van der Waals surface area contributed by atoms with E-state index in [1.165, 1.54) is 6.07 Å². The van der Waals surface area contributed by atoms with Crippen LogP contribution in [0.5, 0.6) is 5.75 Å². The standard InChI is InChI=1S/C20H22BrFN2O2/c1-26-16-6-4-5-14(11-16)19(24-9-2-3-10-24)13-23-20(25)15-7-8-17(21)18(22)12-15/h4-8,11-12,19H,2-3,9-10,13H2,1H3,(H,23,25). The molecule has 0 spiro atoms. The van der Waals surface area contributed by atoms with Crippen LogP contribution in [0.25, 0.3) is 0 Å². The molecule has 1 aliphatic rings. The Morgan fingerprint density at radius 2 is 2.04 bits per heavy atom. The Hall–Kier alpha value is -1.92. The van der Waals surface area contributed by atoms with Crippen LogP contribution in [0.15, 0.2) is 46.9 Å². The lowest BCUT2D eigenvalue weighted by Gasteiger charge is -2.28. The lowest BCUT2D eigenvalue weighted by atomic mass is 10.0. The first-order valence-corrected chi connectivity index (χ1v) is 9.49. The number of amides is 1. The van der Waals surface area contributed by atoms with Gasteiger partial charge in [-0.15, -0.1) is 0 Å². The van der Waals surface area contributed by atoms with E-state index in [9.17, 15) is 9.18 Å². The first kappa shape index (κ1) is 18.9. The van der Waals surface area contributed by atoms with Gasteiger partial charge in [0.15, 0.2) is 0 Å². The van der Waals surface area contributed by atoms with Crippen LogP contribution in [-0.2, 0) is 0 Å². The molecule has 0 radical (unpaired) electrons. The number of carbonyl (C=O) groups excluding carboxylic acids is 1. The number of carbonyl (C=O) groups is 1. The van der Waals surface area contributed by atoms with E-state index in [0.29, 0.717) is 16.6 Å². The highest BCUT2D eigenvalue weighted by Crippen LogP contribution is 2.27. The van der Waals surface area contributed by atoms with Crippen molar-refractivity contribution in [2.45, 2.75) is 18.9 Å². The molecule has 1 atom stereocenters. The zero-order valence-electron chi connectivity index (χ0n) is 14.7. The molecule has 1 saturated heterocycles. The summed E-state index contributed by atoms with van der Waals surface area (Å²) < 4.78 is 19.4. The number of benzene rings is 2. The number of ether oxygens (including phenoxy) is 1. The summed E-state index contributed by atoms with van der Waals surface area (Å²) in [6.07, 6.45) is 2.32. The van der Waals surface area contributed by atoms with Gasteiger partial charge >= 0.3 is 0 Å². The van der Waals surface area contributed by atoms with E-state index >= 15 is 0 Å². The van der Waals surface area contributed by atoms with Crippen molar-refractivity contribution in [1.82, 2.24) is 10.2 Å². The fourth-order valence-electron chi connectivity index (χ4n) is 3.29. The summed E-state index contributed by atoms with van der Waals surface area (Å²) in [6, 6.07) is 12.4. The van der Waals surface area contributed by atoms with E-state index in [1.54, 1.807) is 19.2 Å². The van der Waals surface area contributed by atoms with Gasteiger partial charge in [0.1, 0.15) is 11.6 Å². The van der Waals surface area contributed by atoms with Crippen LogP contribution in [0, 0.1) is 5.82 Å². The molecule has 1 heterocycles. The van der Waals surface area contributed by atoms with Gasteiger partial charge < -0.3 is 10.1 Å². The van der Waals surface area contributed by atoms with Crippen molar-refractivity contribution in [3.8, 4) is 5.75 Å². The smallest absolute Gasteiger partial charge is 0.251 e. The predicted molar refractivity (Wildman–Crippen MR) is 103 cm³/mol. The predicted octanol–water partition coefficient (Wildman–Crippen LogP) is 4.16.